The minimum atomic E-state index is -4.78. The van der Waals surface area contributed by atoms with Crippen molar-refractivity contribution in [1.82, 2.24) is 4.90 Å². The highest BCUT2D eigenvalue weighted by molar-refractivity contribution is 5.96. The lowest BCUT2D eigenvalue weighted by molar-refractivity contribution is -0.274. The van der Waals surface area contributed by atoms with Gasteiger partial charge in [-0.05, 0) is 24.3 Å². The van der Waals surface area contributed by atoms with Crippen molar-refractivity contribution >= 4 is 11.7 Å². The molecular formula is C11H12F3N3O3. The summed E-state index contributed by atoms with van der Waals surface area (Å²) in [6.45, 7) is -0.115. The number of halogens is 3. The minimum Gasteiger partial charge on any atom is -0.409 e. The predicted octanol–water partition coefficient (Wildman–Crippen LogP) is 1.40. The Hall–Kier alpha value is -2.45. The third-order valence-corrected chi connectivity index (χ3v) is 2.21. The van der Waals surface area contributed by atoms with Crippen LogP contribution in [0.25, 0.3) is 0 Å². The first kappa shape index (κ1) is 15.6. The van der Waals surface area contributed by atoms with Gasteiger partial charge in [0, 0.05) is 12.6 Å². The molecule has 1 aromatic carbocycles. The van der Waals surface area contributed by atoms with Crippen LogP contribution in [0.15, 0.2) is 29.4 Å². The van der Waals surface area contributed by atoms with E-state index < -0.39 is 18.0 Å². The zero-order valence-corrected chi connectivity index (χ0v) is 10.4. The molecule has 1 aromatic rings. The average Bonchev–Trinajstić information content (AvgIpc) is 2.36. The van der Waals surface area contributed by atoms with E-state index in [0.29, 0.717) is 0 Å². The number of benzene rings is 1. The molecule has 9 heteroatoms. The molecule has 110 valence electrons. The van der Waals surface area contributed by atoms with E-state index in [1.165, 1.54) is 19.2 Å². The first-order chi connectivity index (χ1) is 9.23. The number of rotatable bonds is 4. The number of alkyl halides is 3. The van der Waals surface area contributed by atoms with Crippen molar-refractivity contribution in [2.45, 2.75) is 6.36 Å². The molecule has 0 saturated heterocycles. The number of likely N-dealkylation sites (N-methyl/N-ethyl adjacent to an activating group) is 1. The molecule has 0 aromatic heterocycles. The summed E-state index contributed by atoms with van der Waals surface area (Å²) in [7, 11) is 1.40. The molecule has 3 N–H and O–H groups in total. The van der Waals surface area contributed by atoms with Gasteiger partial charge in [-0.3, -0.25) is 4.79 Å². The number of carbonyl (C=O) groups is 1. The topological polar surface area (TPSA) is 88.1 Å². The molecule has 0 bridgehead atoms. The maximum absolute atomic E-state index is 12.0. The second kappa shape index (κ2) is 6.13. The maximum atomic E-state index is 12.0. The van der Waals surface area contributed by atoms with E-state index in [1.54, 1.807) is 0 Å². The molecule has 0 heterocycles. The van der Waals surface area contributed by atoms with Gasteiger partial charge in [0.2, 0.25) is 0 Å². The van der Waals surface area contributed by atoms with Crippen molar-refractivity contribution < 1.29 is 27.9 Å². The standard InChI is InChI=1S/C11H12F3N3O3/c1-17(6-9(15)16-19)10(18)7-2-4-8(5-3-7)20-11(12,13)14/h2-5,19H,6H2,1H3,(H2,15,16). The second-order valence-electron chi connectivity index (χ2n) is 3.82. The number of hydrogen-bond donors (Lipinski definition) is 2. The summed E-state index contributed by atoms with van der Waals surface area (Å²) in [4.78, 5) is 13.0. The molecule has 1 amide bonds. The fourth-order valence-corrected chi connectivity index (χ4v) is 1.37. The minimum absolute atomic E-state index is 0.115. The number of nitrogens with zero attached hydrogens (tertiary/aromatic N) is 2. The summed E-state index contributed by atoms with van der Waals surface area (Å²) < 4.78 is 39.6. The Balaban J connectivity index is 2.75. The molecule has 1 rings (SSSR count). The largest absolute Gasteiger partial charge is 0.573 e. The van der Waals surface area contributed by atoms with Crippen LogP contribution in [0.3, 0.4) is 0 Å². The van der Waals surface area contributed by atoms with Crippen LogP contribution >= 0.6 is 0 Å². The number of amides is 1. The normalized spacial score (nSPS) is 12.1. The Morgan fingerprint density at radius 1 is 1.40 bits per heavy atom. The smallest absolute Gasteiger partial charge is 0.409 e. The molecule has 0 fully saturated rings. The monoisotopic (exact) mass is 291 g/mol. The van der Waals surface area contributed by atoms with E-state index in [-0.39, 0.29) is 17.9 Å². The van der Waals surface area contributed by atoms with Crippen LogP contribution in [-0.4, -0.2) is 41.8 Å². The Morgan fingerprint density at radius 3 is 2.40 bits per heavy atom. The first-order valence-corrected chi connectivity index (χ1v) is 5.30. The molecule has 0 radical (unpaired) electrons. The predicted molar refractivity (Wildman–Crippen MR) is 63.5 cm³/mol. The Bertz CT molecular complexity index is 500. The number of nitrogens with two attached hydrogens (primary N) is 1. The zero-order valence-electron chi connectivity index (χ0n) is 10.4. The Kier molecular flexibility index (Phi) is 4.78. The van der Waals surface area contributed by atoms with Gasteiger partial charge in [0.15, 0.2) is 5.84 Å². The molecular weight excluding hydrogens is 279 g/mol. The molecule has 20 heavy (non-hydrogen) atoms. The zero-order chi connectivity index (χ0) is 15.3. The Morgan fingerprint density at radius 2 is 1.95 bits per heavy atom. The van der Waals surface area contributed by atoms with E-state index >= 15 is 0 Å². The molecule has 0 aliphatic rings. The molecule has 0 saturated carbocycles. The van der Waals surface area contributed by atoms with Crippen molar-refractivity contribution in [2.24, 2.45) is 10.9 Å². The van der Waals surface area contributed by atoms with Crippen LogP contribution in [-0.2, 0) is 0 Å². The fourth-order valence-electron chi connectivity index (χ4n) is 1.37. The van der Waals surface area contributed by atoms with Crippen molar-refractivity contribution in [3.8, 4) is 5.75 Å². The van der Waals surface area contributed by atoms with Gasteiger partial charge in [-0.25, -0.2) is 0 Å². The number of amidine groups is 1. The summed E-state index contributed by atoms with van der Waals surface area (Å²) >= 11 is 0. The molecule has 6 nitrogen and oxygen atoms in total. The van der Waals surface area contributed by atoms with Crippen LogP contribution < -0.4 is 10.5 Å². The highest BCUT2D eigenvalue weighted by Crippen LogP contribution is 2.22. The van der Waals surface area contributed by atoms with Crippen LogP contribution in [0.4, 0.5) is 13.2 Å². The van der Waals surface area contributed by atoms with Crippen molar-refractivity contribution in [2.75, 3.05) is 13.6 Å². The maximum Gasteiger partial charge on any atom is 0.573 e. The van der Waals surface area contributed by atoms with Crippen LogP contribution in [0, 0.1) is 0 Å². The van der Waals surface area contributed by atoms with E-state index in [2.05, 4.69) is 9.89 Å². The van der Waals surface area contributed by atoms with Crippen LogP contribution in [0.1, 0.15) is 10.4 Å². The van der Waals surface area contributed by atoms with Gasteiger partial charge < -0.3 is 20.6 Å². The van der Waals surface area contributed by atoms with Gasteiger partial charge in [-0.15, -0.1) is 13.2 Å². The molecule has 0 aliphatic carbocycles. The third-order valence-electron chi connectivity index (χ3n) is 2.21. The second-order valence-corrected chi connectivity index (χ2v) is 3.82. The first-order valence-electron chi connectivity index (χ1n) is 5.30. The lowest BCUT2D eigenvalue weighted by atomic mass is 10.2. The molecule has 0 spiro atoms. The van der Waals surface area contributed by atoms with Gasteiger partial charge in [0.05, 0.1) is 6.54 Å². The molecule has 0 atom stereocenters. The quantitative estimate of drug-likeness (QED) is 0.380. The Labute approximate surface area is 112 Å². The van der Waals surface area contributed by atoms with Crippen LogP contribution in [0.5, 0.6) is 5.75 Å². The summed E-state index contributed by atoms with van der Waals surface area (Å²) in [5, 5.41) is 11.1. The van der Waals surface area contributed by atoms with Crippen molar-refractivity contribution in [3.05, 3.63) is 29.8 Å². The van der Waals surface area contributed by atoms with Crippen molar-refractivity contribution in [1.29, 1.82) is 0 Å². The van der Waals surface area contributed by atoms with Gasteiger partial charge in [0.25, 0.3) is 5.91 Å². The fraction of sp³-hybridized carbons (Fsp3) is 0.273. The summed E-state index contributed by atoms with van der Waals surface area (Å²) in [5.41, 5.74) is 5.39. The van der Waals surface area contributed by atoms with E-state index in [9.17, 15) is 18.0 Å². The van der Waals surface area contributed by atoms with Gasteiger partial charge in [-0.1, -0.05) is 5.16 Å². The van der Waals surface area contributed by atoms with Gasteiger partial charge >= 0.3 is 6.36 Å². The van der Waals surface area contributed by atoms with Gasteiger partial charge in [0.1, 0.15) is 5.75 Å². The SMILES string of the molecule is CN(C/C(N)=N/O)C(=O)c1ccc(OC(F)(F)F)cc1. The van der Waals surface area contributed by atoms with E-state index in [1.807, 2.05) is 0 Å². The number of ether oxygens (including phenoxy) is 1. The number of carbonyl (C=O) groups excluding carboxylic acids is 1. The van der Waals surface area contributed by atoms with Crippen molar-refractivity contribution in [3.63, 3.8) is 0 Å². The summed E-state index contributed by atoms with van der Waals surface area (Å²) in [6, 6.07) is 4.43. The lowest BCUT2D eigenvalue weighted by Crippen LogP contribution is -2.35. The van der Waals surface area contributed by atoms with Gasteiger partial charge in [-0.2, -0.15) is 0 Å². The number of oxime groups is 1. The average molecular weight is 291 g/mol. The molecule has 0 unspecified atom stereocenters. The number of hydrogen-bond acceptors (Lipinski definition) is 4. The molecule has 0 aliphatic heterocycles. The summed E-state index contributed by atoms with van der Waals surface area (Å²) in [6.07, 6.45) is -4.78. The van der Waals surface area contributed by atoms with Crippen LogP contribution in [0.2, 0.25) is 0 Å². The highest BCUT2D eigenvalue weighted by atomic mass is 19.4. The third kappa shape index (κ3) is 4.67. The lowest BCUT2D eigenvalue weighted by Gasteiger charge is -2.16. The highest BCUT2D eigenvalue weighted by Gasteiger charge is 2.31. The summed E-state index contributed by atoms with van der Waals surface area (Å²) in [5.74, 6) is -1.08. The van der Waals surface area contributed by atoms with E-state index in [4.69, 9.17) is 10.9 Å². The van der Waals surface area contributed by atoms with E-state index in [0.717, 1.165) is 17.0 Å².